The quantitative estimate of drug-likeness (QED) is 0.835. The number of hydrogen-bond acceptors (Lipinski definition) is 2. The van der Waals surface area contributed by atoms with Crippen molar-refractivity contribution >= 4 is 5.69 Å². The first-order valence-electron chi connectivity index (χ1n) is 6.48. The van der Waals surface area contributed by atoms with Gasteiger partial charge in [0.15, 0.2) is 0 Å². The normalized spacial score (nSPS) is 28.4. The lowest BCUT2D eigenvalue weighted by molar-refractivity contribution is 0.268. The van der Waals surface area contributed by atoms with Gasteiger partial charge in [-0.1, -0.05) is 32.4 Å². The zero-order valence-corrected chi connectivity index (χ0v) is 10.6. The predicted octanol–water partition coefficient (Wildman–Crippen LogP) is 3.79. The van der Waals surface area contributed by atoms with E-state index in [1.165, 1.54) is 19.3 Å². The Morgan fingerprint density at radius 1 is 1.18 bits per heavy atom. The fourth-order valence-electron chi connectivity index (χ4n) is 2.85. The summed E-state index contributed by atoms with van der Waals surface area (Å²) >= 11 is 0. The van der Waals surface area contributed by atoms with Crippen LogP contribution in [0.3, 0.4) is 0 Å². The van der Waals surface area contributed by atoms with Gasteiger partial charge in [-0.05, 0) is 36.8 Å². The summed E-state index contributed by atoms with van der Waals surface area (Å²) in [6, 6.07) is 10.5. The first-order chi connectivity index (χ1) is 8.22. The topological polar surface area (TPSA) is 35.8 Å². The standard InChI is InChI=1S/C15H20N2/c1-11-6-5-7-12(2)15(11)17-14-9-4-3-8-13(14)10-16/h3-4,8-9,11-12,15,17H,5-7H2,1-2H3. The van der Waals surface area contributed by atoms with Gasteiger partial charge >= 0.3 is 0 Å². The smallest absolute Gasteiger partial charge is 0.101 e. The van der Waals surface area contributed by atoms with E-state index in [2.05, 4.69) is 25.2 Å². The van der Waals surface area contributed by atoms with E-state index in [0.717, 1.165) is 11.3 Å². The fraction of sp³-hybridized carbons (Fsp3) is 0.533. The van der Waals surface area contributed by atoms with Crippen LogP contribution in [0.5, 0.6) is 0 Å². The van der Waals surface area contributed by atoms with Crippen LogP contribution < -0.4 is 5.32 Å². The molecule has 2 unspecified atom stereocenters. The van der Waals surface area contributed by atoms with Crippen LogP contribution in [0.2, 0.25) is 0 Å². The third kappa shape index (κ3) is 2.61. The lowest BCUT2D eigenvalue weighted by atomic mass is 9.78. The Morgan fingerprint density at radius 2 is 1.82 bits per heavy atom. The average Bonchev–Trinajstić information content (AvgIpc) is 2.34. The van der Waals surface area contributed by atoms with E-state index >= 15 is 0 Å². The van der Waals surface area contributed by atoms with E-state index in [1.54, 1.807) is 0 Å². The highest BCUT2D eigenvalue weighted by molar-refractivity contribution is 5.57. The van der Waals surface area contributed by atoms with E-state index in [9.17, 15) is 0 Å². The molecule has 1 aliphatic rings. The summed E-state index contributed by atoms with van der Waals surface area (Å²) in [6.07, 6.45) is 3.91. The third-order valence-corrected chi connectivity index (χ3v) is 3.91. The second-order valence-electron chi connectivity index (χ2n) is 5.21. The minimum atomic E-state index is 0.498. The van der Waals surface area contributed by atoms with Gasteiger partial charge in [-0.3, -0.25) is 0 Å². The Hall–Kier alpha value is -1.49. The Kier molecular flexibility index (Phi) is 3.68. The van der Waals surface area contributed by atoms with Gasteiger partial charge in [0.1, 0.15) is 6.07 Å². The van der Waals surface area contributed by atoms with Crippen LogP contribution in [0.1, 0.15) is 38.7 Å². The number of rotatable bonds is 2. The molecule has 2 rings (SSSR count). The number of nitriles is 1. The molecule has 1 aromatic rings. The minimum absolute atomic E-state index is 0.498. The molecule has 2 atom stereocenters. The summed E-state index contributed by atoms with van der Waals surface area (Å²) in [6.45, 7) is 4.62. The van der Waals surface area contributed by atoms with Crippen LogP contribution in [0.15, 0.2) is 24.3 Å². The molecule has 1 aliphatic carbocycles. The number of nitrogens with zero attached hydrogens (tertiary/aromatic N) is 1. The van der Waals surface area contributed by atoms with E-state index in [0.29, 0.717) is 17.9 Å². The van der Waals surface area contributed by atoms with E-state index in [4.69, 9.17) is 5.26 Å². The van der Waals surface area contributed by atoms with E-state index in [1.807, 2.05) is 24.3 Å². The molecule has 2 heteroatoms. The van der Waals surface area contributed by atoms with Crippen molar-refractivity contribution in [3.8, 4) is 6.07 Å². The molecule has 1 N–H and O–H groups in total. The van der Waals surface area contributed by atoms with Crippen molar-refractivity contribution in [1.29, 1.82) is 5.26 Å². The molecule has 0 amide bonds. The minimum Gasteiger partial charge on any atom is -0.381 e. The maximum atomic E-state index is 9.09. The van der Waals surface area contributed by atoms with E-state index < -0.39 is 0 Å². The Morgan fingerprint density at radius 3 is 2.47 bits per heavy atom. The Balaban J connectivity index is 2.17. The molecule has 1 aromatic carbocycles. The zero-order valence-electron chi connectivity index (χ0n) is 10.6. The van der Waals surface area contributed by atoms with Gasteiger partial charge in [0, 0.05) is 6.04 Å². The van der Waals surface area contributed by atoms with Crippen LogP contribution in [-0.2, 0) is 0 Å². The summed E-state index contributed by atoms with van der Waals surface area (Å²) in [5, 5.41) is 12.7. The number of anilines is 1. The van der Waals surface area contributed by atoms with Crippen LogP contribution in [-0.4, -0.2) is 6.04 Å². The summed E-state index contributed by atoms with van der Waals surface area (Å²) < 4.78 is 0. The van der Waals surface area contributed by atoms with Gasteiger partial charge in [-0.15, -0.1) is 0 Å². The zero-order chi connectivity index (χ0) is 12.3. The van der Waals surface area contributed by atoms with Crippen molar-refractivity contribution in [2.24, 2.45) is 11.8 Å². The lowest BCUT2D eigenvalue weighted by Crippen LogP contribution is -2.37. The average molecular weight is 228 g/mol. The molecule has 0 radical (unpaired) electrons. The van der Waals surface area contributed by atoms with Crippen molar-refractivity contribution in [2.45, 2.75) is 39.2 Å². The molecule has 2 nitrogen and oxygen atoms in total. The molecule has 0 saturated heterocycles. The monoisotopic (exact) mass is 228 g/mol. The maximum Gasteiger partial charge on any atom is 0.101 e. The number of para-hydroxylation sites is 1. The van der Waals surface area contributed by atoms with Crippen molar-refractivity contribution in [1.82, 2.24) is 0 Å². The van der Waals surface area contributed by atoms with E-state index in [-0.39, 0.29) is 0 Å². The molecular formula is C15H20N2. The number of benzene rings is 1. The molecule has 90 valence electrons. The summed E-state index contributed by atoms with van der Waals surface area (Å²) in [5.74, 6) is 1.37. The van der Waals surface area contributed by atoms with Crippen molar-refractivity contribution in [2.75, 3.05) is 5.32 Å². The fourth-order valence-corrected chi connectivity index (χ4v) is 2.85. The van der Waals surface area contributed by atoms with Crippen molar-refractivity contribution in [3.05, 3.63) is 29.8 Å². The molecule has 17 heavy (non-hydrogen) atoms. The third-order valence-electron chi connectivity index (χ3n) is 3.91. The van der Waals surface area contributed by atoms with Crippen molar-refractivity contribution < 1.29 is 0 Å². The first kappa shape index (κ1) is 12.0. The van der Waals surface area contributed by atoms with Crippen molar-refractivity contribution in [3.63, 3.8) is 0 Å². The van der Waals surface area contributed by atoms with Gasteiger partial charge in [-0.2, -0.15) is 5.26 Å². The van der Waals surface area contributed by atoms with Crippen LogP contribution in [0, 0.1) is 23.2 Å². The van der Waals surface area contributed by atoms with Crippen LogP contribution >= 0.6 is 0 Å². The molecule has 1 saturated carbocycles. The molecule has 0 spiro atoms. The maximum absolute atomic E-state index is 9.09. The summed E-state index contributed by atoms with van der Waals surface area (Å²) in [4.78, 5) is 0. The SMILES string of the molecule is CC1CCCC(C)C1Nc1ccccc1C#N. The highest BCUT2D eigenvalue weighted by Gasteiger charge is 2.27. The summed E-state index contributed by atoms with van der Waals surface area (Å²) in [7, 11) is 0. The largest absolute Gasteiger partial charge is 0.381 e. The van der Waals surface area contributed by atoms with Crippen LogP contribution in [0.25, 0.3) is 0 Å². The highest BCUT2D eigenvalue weighted by Crippen LogP contribution is 2.31. The van der Waals surface area contributed by atoms with Crippen LogP contribution in [0.4, 0.5) is 5.69 Å². The Bertz CT molecular complexity index is 409. The van der Waals surface area contributed by atoms with Gasteiger partial charge in [0.25, 0.3) is 0 Å². The molecule has 0 aliphatic heterocycles. The first-order valence-corrected chi connectivity index (χ1v) is 6.48. The Labute approximate surface area is 104 Å². The number of nitrogens with one attached hydrogen (secondary N) is 1. The molecule has 0 bridgehead atoms. The summed E-state index contributed by atoms with van der Waals surface area (Å²) in [5.41, 5.74) is 1.73. The lowest BCUT2D eigenvalue weighted by Gasteiger charge is -2.36. The van der Waals surface area contributed by atoms with Gasteiger partial charge < -0.3 is 5.32 Å². The second kappa shape index (κ2) is 5.23. The number of hydrogen-bond donors (Lipinski definition) is 1. The predicted molar refractivity (Wildman–Crippen MR) is 70.7 cm³/mol. The second-order valence-corrected chi connectivity index (χ2v) is 5.21. The molecular weight excluding hydrogens is 208 g/mol. The van der Waals surface area contributed by atoms with Gasteiger partial charge in [0.2, 0.25) is 0 Å². The van der Waals surface area contributed by atoms with Gasteiger partial charge in [-0.25, -0.2) is 0 Å². The molecule has 1 fully saturated rings. The highest BCUT2D eigenvalue weighted by atomic mass is 14.9. The van der Waals surface area contributed by atoms with Gasteiger partial charge in [0.05, 0.1) is 11.3 Å². The molecule has 0 aromatic heterocycles. The molecule has 0 heterocycles.